The Labute approximate surface area is 118 Å². The summed E-state index contributed by atoms with van der Waals surface area (Å²) in [6, 6.07) is 4.77. The molecule has 0 amide bonds. The van der Waals surface area contributed by atoms with Crippen molar-refractivity contribution in [2.75, 3.05) is 0 Å². The van der Waals surface area contributed by atoms with Gasteiger partial charge in [0, 0.05) is 18.0 Å². The van der Waals surface area contributed by atoms with Gasteiger partial charge in [0.2, 0.25) is 0 Å². The molecule has 0 heterocycles. The first-order valence-corrected chi connectivity index (χ1v) is 6.68. The molecular weight excluding hydrogens is 269 g/mol. The van der Waals surface area contributed by atoms with Crippen molar-refractivity contribution in [2.45, 2.75) is 39.7 Å². The minimum atomic E-state index is -0.132. The van der Waals surface area contributed by atoms with Gasteiger partial charge in [-0.2, -0.15) is 0 Å². The summed E-state index contributed by atoms with van der Waals surface area (Å²) in [6.45, 7) is 6.32. The van der Waals surface area contributed by atoms with Gasteiger partial charge in [-0.05, 0) is 30.0 Å². The van der Waals surface area contributed by atoms with Crippen molar-refractivity contribution in [3.05, 3.63) is 33.8 Å². The molecule has 1 aromatic carbocycles. The van der Waals surface area contributed by atoms with E-state index in [4.69, 9.17) is 28.9 Å². The topological polar surface area (TPSA) is 43.1 Å². The highest BCUT2D eigenvalue weighted by molar-refractivity contribution is 6.42. The van der Waals surface area contributed by atoms with Crippen molar-refractivity contribution in [3.63, 3.8) is 0 Å². The highest BCUT2D eigenvalue weighted by Gasteiger charge is 2.19. The molecular formula is C14H19Cl2NO. The van der Waals surface area contributed by atoms with Crippen LogP contribution in [0.15, 0.2) is 18.2 Å². The molecule has 0 saturated heterocycles. The van der Waals surface area contributed by atoms with Crippen molar-refractivity contribution in [2.24, 2.45) is 11.1 Å². The Hall–Kier alpha value is -0.570. The molecule has 1 aromatic rings. The van der Waals surface area contributed by atoms with E-state index in [2.05, 4.69) is 20.8 Å². The summed E-state index contributed by atoms with van der Waals surface area (Å²) in [7, 11) is 0. The molecule has 4 heteroatoms. The van der Waals surface area contributed by atoms with Crippen LogP contribution in [0.3, 0.4) is 0 Å². The third-order valence-corrected chi connectivity index (χ3v) is 3.30. The Bertz CT molecular complexity index is 438. The van der Waals surface area contributed by atoms with Crippen molar-refractivity contribution in [1.29, 1.82) is 0 Å². The van der Waals surface area contributed by atoms with Gasteiger partial charge in [0.15, 0.2) is 5.78 Å². The molecule has 2 nitrogen and oxygen atoms in total. The molecule has 100 valence electrons. The molecule has 0 fully saturated rings. The maximum absolute atomic E-state index is 12.0. The lowest BCUT2D eigenvalue weighted by molar-refractivity contribution is 0.0968. The number of hydrogen-bond donors (Lipinski definition) is 1. The number of halogens is 2. The maximum Gasteiger partial charge on any atom is 0.164 e. The van der Waals surface area contributed by atoms with Crippen LogP contribution in [0.2, 0.25) is 10.0 Å². The number of carbonyl (C=O) groups excluding carboxylic acids is 1. The molecule has 18 heavy (non-hydrogen) atoms. The van der Waals surface area contributed by atoms with Crippen molar-refractivity contribution >= 4 is 29.0 Å². The van der Waals surface area contributed by atoms with E-state index in [-0.39, 0.29) is 17.2 Å². The van der Waals surface area contributed by atoms with Crippen LogP contribution in [0, 0.1) is 5.41 Å². The van der Waals surface area contributed by atoms with E-state index in [1.165, 1.54) is 0 Å². The van der Waals surface area contributed by atoms with Crippen LogP contribution in [-0.4, -0.2) is 11.8 Å². The van der Waals surface area contributed by atoms with Crippen LogP contribution in [-0.2, 0) is 0 Å². The van der Waals surface area contributed by atoms with Crippen molar-refractivity contribution in [3.8, 4) is 0 Å². The Morgan fingerprint density at radius 3 is 2.39 bits per heavy atom. The normalized spacial score (nSPS) is 13.4. The number of ketones is 1. The zero-order valence-corrected chi connectivity index (χ0v) is 12.5. The van der Waals surface area contributed by atoms with Crippen LogP contribution < -0.4 is 5.73 Å². The summed E-state index contributed by atoms with van der Waals surface area (Å²) in [6.07, 6.45) is 1.13. The number of nitrogens with two attached hydrogens (primary N) is 1. The number of Topliss-reactive ketones (excluding diaryl/α,β-unsaturated/α-hetero) is 1. The standard InChI is InChI=1S/C14H19Cl2NO/c1-14(2,3)8-10(17)7-13(18)9-4-5-11(15)12(16)6-9/h4-6,10H,7-8,17H2,1-3H3. The lowest BCUT2D eigenvalue weighted by atomic mass is 9.86. The predicted molar refractivity (Wildman–Crippen MR) is 77.5 cm³/mol. The van der Waals surface area contributed by atoms with Gasteiger partial charge in [-0.15, -0.1) is 0 Å². The quantitative estimate of drug-likeness (QED) is 0.838. The largest absolute Gasteiger partial charge is 0.327 e. The Morgan fingerprint density at radius 1 is 1.28 bits per heavy atom. The van der Waals surface area contributed by atoms with E-state index < -0.39 is 0 Å². The van der Waals surface area contributed by atoms with E-state index in [1.54, 1.807) is 18.2 Å². The molecule has 0 aromatic heterocycles. The lowest BCUT2D eigenvalue weighted by Crippen LogP contribution is -2.29. The van der Waals surface area contributed by atoms with Gasteiger partial charge in [0.1, 0.15) is 0 Å². The number of benzene rings is 1. The van der Waals surface area contributed by atoms with Crippen molar-refractivity contribution in [1.82, 2.24) is 0 Å². The van der Waals surface area contributed by atoms with E-state index in [9.17, 15) is 4.79 Å². The summed E-state index contributed by atoms with van der Waals surface area (Å²) in [4.78, 5) is 12.0. The first-order chi connectivity index (χ1) is 8.19. The Kier molecular flexibility index (Phi) is 5.20. The van der Waals surface area contributed by atoms with Crippen LogP contribution in [0.4, 0.5) is 0 Å². The molecule has 0 bridgehead atoms. The second-order valence-corrected chi connectivity index (χ2v) is 6.60. The second kappa shape index (κ2) is 6.05. The van der Waals surface area contributed by atoms with Gasteiger partial charge in [-0.3, -0.25) is 4.79 Å². The van der Waals surface area contributed by atoms with Gasteiger partial charge in [-0.25, -0.2) is 0 Å². The van der Waals surface area contributed by atoms with Crippen LogP contribution >= 0.6 is 23.2 Å². The fraction of sp³-hybridized carbons (Fsp3) is 0.500. The molecule has 0 aliphatic heterocycles. The number of carbonyl (C=O) groups is 1. The first kappa shape index (κ1) is 15.5. The van der Waals surface area contributed by atoms with E-state index >= 15 is 0 Å². The highest BCUT2D eigenvalue weighted by Crippen LogP contribution is 2.25. The first-order valence-electron chi connectivity index (χ1n) is 5.93. The number of rotatable bonds is 4. The second-order valence-electron chi connectivity index (χ2n) is 5.78. The van der Waals surface area contributed by atoms with E-state index in [0.717, 1.165) is 6.42 Å². The van der Waals surface area contributed by atoms with Gasteiger partial charge >= 0.3 is 0 Å². The van der Waals surface area contributed by atoms with Crippen LogP contribution in [0.25, 0.3) is 0 Å². The maximum atomic E-state index is 12.0. The molecule has 1 atom stereocenters. The summed E-state index contributed by atoms with van der Waals surface area (Å²) < 4.78 is 0. The zero-order chi connectivity index (χ0) is 13.9. The van der Waals surface area contributed by atoms with E-state index in [1.807, 2.05) is 0 Å². The average molecular weight is 288 g/mol. The molecule has 1 unspecified atom stereocenters. The fourth-order valence-electron chi connectivity index (χ4n) is 1.88. The highest BCUT2D eigenvalue weighted by atomic mass is 35.5. The summed E-state index contributed by atoms with van der Waals surface area (Å²) in [5.41, 5.74) is 6.67. The van der Waals surface area contributed by atoms with Crippen molar-refractivity contribution < 1.29 is 4.79 Å². The smallest absolute Gasteiger partial charge is 0.164 e. The predicted octanol–water partition coefficient (Wildman–Crippen LogP) is 4.33. The zero-order valence-electron chi connectivity index (χ0n) is 11.0. The minimum Gasteiger partial charge on any atom is -0.327 e. The Morgan fingerprint density at radius 2 is 1.89 bits per heavy atom. The molecule has 1 rings (SSSR count). The van der Waals surface area contributed by atoms with Crippen LogP contribution in [0.5, 0.6) is 0 Å². The molecule has 0 saturated carbocycles. The number of hydrogen-bond acceptors (Lipinski definition) is 2. The molecule has 0 radical (unpaired) electrons. The lowest BCUT2D eigenvalue weighted by Gasteiger charge is -2.22. The molecule has 0 aliphatic rings. The monoisotopic (exact) mass is 287 g/mol. The average Bonchev–Trinajstić information content (AvgIpc) is 2.18. The van der Waals surface area contributed by atoms with Gasteiger partial charge in [0.25, 0.3) is 0 Å². The third-order valence-electron chi connectivity index (χ3n) is 2.56. The molecule has 2 N–H and O–H groups in total. The van der Waals surface area contributed by atoms with Gasteiger partial charge < -0.3 is 5.73 Å². The van der Waals surface area contributed by atoms with Gasteiger partial charge in [-0.1, -0.05) is 44.0 Å². The summed E-state index contributed by atoms with van der Waals surface area (Å²) >= 11 is 11.7. The van der Waals surface area contributed by atoms with Gasteiger partial charge in [0.05, 0.1) is 10.0 Å². The van der Waals surface area contributed by atoms with E-state index in [0.29, 0.717) is 22.0 Å². The molecule has 0 aliphatic carbocycles. The summed E-state index contributed by atoms with van der Waals surface area (Å²) in [5.74, 6) is 0.00492. The van der Waals surface area contributed by atoms with Crippen LogP contribution in [0.1, 0.15) is 44.0 Å². The minimum absolute atomic E-state index is 0.00492. The Balaban J connectivity index is 2.68. The molecule has 0 spiro atoms. The fourth-order valence-corrected chi connectivity index (χ4v) is 2.18. The third kappa shape index (κ3) is 4.97. The SMILES string of the molecule is CC(C)(C)CC(N)CC(=O)c1ccc(Cl)c(Cl)c1. The summed E-state index contributed by atoms with van der Waals surface area (Å²) in [5, 5.41) is 0.846.